The van der Waals surface area contributed by atoms with Crippen LogP contribution in [0.1, 0.15) is 25.7 Å². The molecule has 0 amide bonds. The summed E-state index contributed by atoms with van der Waals surface area (Å²) in [5.74, 6) is 0. The number of likely N-dealkylation sites (N-methyl/N-ethyl adjacent to an activating group) is 1. The number of rotatable bonds is 4. The minimum atomic E-state index is -3.20. The van der Waals surface area contributed by atoms with E-state index in [4.69, 9.17) is 0 Å². The standard InChI is InChI=1S/C10H21N3O2S/c1-12(9-10-5-4-6-11-10)16(14,15)13-7-2-3-8-13/h10-11H,2-9H2,1H3. The van der Waals surface area contributed by atoms with Crippen molar-refractivity contribution in [1.29, 1.82) is 0 Å². The summed E-state index contributed by atoms with van der Waals surface area (Å²) in [6.45, 7) is 2.98. The molecule has 0 aromatic rings. The maximum Gasteiger partial charge on any atom is 0.281 e. The highest BCUT2D eigenvalue weighted by Crippen LogP contribution is 2.16. The lowest BCUT2D eigenvalue weighted by Gasteiger charge is -2.25. The molecule has 0 spiro atoms. The van der Waals surface area contributed by atoms with Gasteiger partial charge in [0.15, 0.2) is 0 Å². The lowest BCUT2D eigenvalue weighted by Crippen LogP contribution is -2.45. The first kappa shape index (κ1) is 12.3. The van der Waals surface area contributed by atoms with Gasteiger partial charge in [0.2, 0.25) is 0 Å². The van der Waals surface area contributed by atoms with E-state index in [1.54, 1.807) is 11.4 Å². The van der Waals surface area contributed by atoms with Gasteiger partial charge in [0.1, 0.15) is 0 Å². The first-order valence-corrected chi connectivity index (χ1v) is 7.45. The van der Waals surface area contributed by atoms with Gasteiger partial charge < -0.3 is 5.32 Å². The molecule has 2 aliphatic rings. The zero-order valence-electron chi connectivity index (χ0n) is 9.85. The Labute approximate surface area is 98.0 Å². The fourth-order valence-corrected chi connectivity index (χ4v) is 3.92. The zero-order valence-corrected chi connectivity index (χ0v) is 10.7. The number of hydrogen-bond donors (Lipinski definition) is 1. The molecule has 2 aliphatic heterocycles. The molecule has 2 fully saturated rings. The molecule has 0 saturated carbocycles. The predicted molar refractivity (Wildman–Crippen MR) is 63.4 cm³/mol. The van der Waals surface area contributed by atoms with Crippen LogP contribution < -0.4 is 5.32 Å². The summed E-state index contributed by atoms with van der Waals surface area (Å²) in [7, 11) is -1.51. The SMILES string of the molecule is CN(CC1CCCN1)S(=O)(=O)N1CCCC1. The van der Waals surface area contributed by atoms with E-state index >= 15 is 0 Å². The van der Waals surface area contributed by atoms with Gasteiger partial charge in [0.05, 0.1) is 0 Å². The maximum atomic E-state index is 12.1. The van der Waals surface area contributed by atoms with Crippen molar-refractivity contribution in [2.75, 3.05) is 33.2 Å². The Bertz CT molecular complexity index is 319. The molecule has 6 heteroatoms. The highest BCUT2D eigenvalue weighted by atomic mass is 32.2. The van der Waals surface area contributed by atoms with Crippen LogP contribution in [0.5, 0.6) is 0 Å². The van der Waals surface area contributed by atoms with Gasteiger partial charge in [-0.05, 0) is 32.2 Å². The van der Waals surface area contributed by atoms with Gasteiger partial charge in [-0.1, -0.05) is 0 Å². The molecule has 1 N–H and O–H groups in total. The molecule has 0 bridgehead atoms. The topological polar surface area (TPSA) is 52.7 Å². The molecule has 1 atom stereocenters. The zero-order chi connectivity index (χ0) is 11.6. The summed E-state index contributed by atoms with van der Waals surface area (Å²) in [6.07, 6.45) is 4.23. The fraction of sp³-hybridized carbons (Fsp3) is 1.00. The van der Waals surface area contributed by atoms with Crippen molar-refractivity contribution in [1.82, 2.24) is 13.9 Å². The van der Waals surface area contributed by atoms with E-state index in [9.17, 15) is 8.42 Å². The molecule has 0 aliphatic carbocycles. The minimum absolute atomic E-state index is 0.336. The van der Waals surface area contributed by atoms with Gasteiger partial charge in [0.25, 0.3) is 10.2 Å². The molecule has 2 heterocycles. The number of hydrogen-bond acceptors (Lipinski definition) is 3. The van der Waals surface area contributed by atoms with E-state index < -0.39 is 10.2 Å². The number of nitrogens with one attached hydrogen (secondary N) is 1. The molecule has 16 heavy (non-hydrogen) atoms. The average molecular weight is 247 g/mol. The lowest BCUT2D eigenvalue weighted by atomic mass is 10.2. The second kappa shape index (κ2) is 5.00. The maximum absolute atomic E-state index is 12.1. The van der Waals surface area contributed by atoms with Gasteiger partial charge in [-0.3, -0.25) is 0 Å². The fourth-order valence-electron chi connectivity index (χ4n) is 2.43. The Hall–Kier alpha value is -0.170. The van der Waals surface area contributed by atoms with E-state index in [-0.39, 0.29) is 0 Å². The quantitative estimate of drug-likeness (QED) is 0.761. The summed E-state index contributed by atoms with van der Waals surface area (Å²) in [5.41, 5.74) is 0. The second-order valence-electron chi connectivity index (χ2n) is 4.69. The molecule has 0 radical (unpaired) electrons. The van der Waals surface area contributed by atoms with Gasteiger partial charge in [-0.15, -0.1) is 0 Å². The molecular weight excluding hydrogens is 226 g/mol. The highest BCUT2D eigenvalue weighted by Gasteiger charge is 2.30. The van der Waals surface area contributed by atoms with Crippen LogP contribution in [-0.4, -0.2) is 56.3 Å². The van der Waals surface area contributed by atoms with Crippen molar-refractivity contribution in [3.8, 4) is 0 Å². The van der Waals surface area contributed by atoms with Crippen LogP contribution >= 0.6 is 0 Å². The Morgan fingerprint density at radius 3 is 2.56 bits per heavy atom. The Balaban J connectivity index is 1.93. The van der Waals surface area contributed by atoms with Crippen LogP contribution in [0.15, 0.2) is 0 Å². The van der Waals surface area contributed by atoms with E-state index in [0.29, 0.717) is 25.7 Å². The first-order valence-electron chi connectivity index (χ1n) is 6.05. The smallest absolute Gasteiger partial charge is 0.281 e. The van der Waals surface area contributed by atoms with Crippen LogP contribution in [0, 0.1) is 0 Å². The normalized spacial score (nSPS) is 28.0. The van der Waals surface area contributed by atoms with Gasteiger partial charge in [-0.2, -0.15) is 17.0 Å². The molecule has 2 rings (SSSR count). The lowest BCUT2D eigenvalue weighted by molar-refractivity contribution is 0.370. The molecular formula is C10H21N3O2S. The Morgan fingerprint density at radius 2 is 2.00 bits per heavy atom. The van der Waals surface area contributed by atoms with Crippen LogP contribution in [-0.2, 0) is 10.2 Å². The Morgan fingerprint density at radius 1 is 1.31 bits per heavy atom. The van der Waals surface area contributed by atoms with Crippen molar-refractivity contribution >= 4 is 10.2 Å². The van der Waals surface area contributed by atoms with Crippen LogP contribution in [0.2, 0.25) is 0 Å². The third-order valence-corrected chi connectivity index (χ3v) is 5.38. The van der Waals surface area contributed by atoms with Gasteiger partial charge in [-0.25, -0.2) is 0 Å². The first-order chi connectivity index (χ1) is 7.60. The summed E-state index contributed by atoms with van der Waals surface area (Å²) in [4.78, 5) is 0. The average Bonchev–Trinajstić information content (AvgIpc) is 2.89. The van der Waals surface area contributed by atoms with Gasteiger partial charge in [0, 0.05) is 32.7 Å². The van der Waals surface area contributed by atoms with Crippen molar-refractivity contribution in [2.24, 2.45) is 0 Å². The molecule has 2 saturated heterocycles. The predicted octanol–water partition coefficient (Wildman–Crippen LogP) is 0.0108. The summed E-state index contributed by atoms with van der Waals surface area (Å²) in [5, 5.41) is 3.33. The third kappa shape index (κ3) is 2.56. The third-order valence-electron chi connectivity index (χ3n) is 3.43. The molecule has 94 valence electrons. The molecule has 1 unspecified atom stereocenters. The van der Waals surface area contributed by atoms with Crippen LogP contribution in [0.25, 0.3) is 0 Å². The second-order valence-corrected chi connectivity index (χ2v) is 6.72. The highest BCUT2D eigenvalue weighted by molar-refractivity contribution is 7.86. The molecule has 0 aromatic heterocycles. The van der Waals surface area contributed by atoms with E-state index in [0.717, 1.165) is 32.2 Å². The monoisotopic (exact) mass is 247 g/mol. The summed E-state index contributed by atoms with van der Waals surface area (Å²) >= 11 is 0. The summed E-state index contributed by atoms with van der Waals surface area (Å²) in [6, 6.07) is 0.336. The summed E-state index contributed by atoms with van der Waals surface area (Å²) < 4.78 is 27.4. The van der Waals surface area contributed by atoms with E-state index in [1.807, 2.05) is 0 Å². The van der Waals surface area contributed by atoms with E-state index in [2.05, 4.69) is 5.32 Å². The molecule has 0 aromatic carbocycles. The number of nitrogens with zero attached hydrogens (tertiary/aromatic N) is 2. The van der Waals surface area contributed by atoms with E-state index in [1.165, 1.54) is 4.31 Å². The largest absolute Gasteiger partial charge is 0.313 e. The van der Waals surface area contributed by atoms with Crippen molar-refractivity contribution < 1.29 is 8.42 Å². The van der Waals surface area contributed by atoms with Crippen LogP contribution in [0.4, 0.5) is 0 Å². The van der Waals surface area contributed by atoms with Crippen molar-refractivity contribution in [3.63, 3.8) is 0 Å². The Kier molecular flexibility index (Phi) is 3.84. The molecule has 5 nitrogen and oxygen atoms in total. The van der Waals surface area contributed by atoms with Gasteiger partial charge >= 0.3 is 0 Å². The minimum Gasteiger partial charge on any atom is -0.313 e. The van der Waals surface area contributed by atoms with Crippen LogP contribution in [0.3, 0.4) is 0 Å². The van der Waals surface area contributed by atoms with Crippen molar-refractivity contribution in [3.05, 3.63) is 0 Å². The van der Waals surface area contributed by atoms with Crippen molar-refractivity contribution in [2.45, 2.75) is 31.7 Å².